The van der Waals surface area contributed by atoms with Gasteiger partial charge < -0.3 is 29.8 Å². The lowest BCUT2D eigenvalue weighted by atomic mass is 9.93. The van der Waals surface area contributed by atoms with Gasteiger partial charge in [0.25, 0.3) is 0 Å². The van der Waals surface area contributed by atoms with Crippen molar-refractivity contribution in [2.75, 3.05) is 19.0 Å². The van der Waals surface area contributed by atoms with Crippen LogP contribution in [0.15, 0.2) is 91.0 Å². The number of fused-ring (bicyclic) bond motifs is 3. The number of hydrogen-bond acceptors (Lipinski definition) is 5. The molecule has 2 heterocycles. The minimum absolute atomic E-state index is 0.0152. The Labute approximate surface area is 239 Å². The van der Waals surface area contributed by atoms with Crippen molar-refractivity contribution in [1.29, 1.82) is 0 Å². The van der Waals surface area contributed by atoms with Gasteiger partial charge in [-0.2, -0.15) is 0 Å². The molecular weight excluding hydrogens is 514 g/mol. The van der Waals surface area contributed by atoms with Crippen LogP contribution in [0.4, 0.5) is 5.69 Å². The highest BCUT2D eigenvalue weighted by atomic mass is 16.5. The van der Waals surface area contributed by atoms with Crippen LogP contribution in [0.25, 0.3) is 10.9 Å². The molecule has 7 heteroatoms. The summed E-state index contributed by atoms with van der Waals surface area (Å²) in [6, 6.07) is 30.1. The van der Waals surface area contributed by atoms with Crippen LogP contribution in [0.2, 0.25) is 0 Å². The average Bonchev–Trinajstić information content (AvgIpc) is 3.38. The van der Waals surface area contributed by atoms with Gasteiger partial charge in [0.1, 0.15) is 30.5 Å². The molecule has 0 fully saturated rings. The molecule has 0 saturated heterocycles. The van der Waals surface area contributed by atoms with E-state index in [2.05, 4.69) is 52.0 Å². The Morgan fingerprint density at radius 2 is 1.68 bits per heavy atom. The number of nitrogens with one attached hydrogen (secondary N) is 3. The quantitative estimate of drug-likeness (QED) is 0.195. The Morgan fingerprint density at radius 3 is 2.46 bits per heavy atom. The normalized spacial score (nSPS) is 14.3. The van der Waals surface area contributed by atoms with E-state index in [0.29, 0.717) is 19.0 Å². The lowest BCUT2D eigenvalue weighted by Gasteiger charge is -2.25. The molecule has 0 spiro atoms. The zero-order chi connectivity index (χ0) is 28.2. The molecule has 0 bridgehead atoms. The van der Waals surface area contributed by atoms with Crippen LogP contribution >= 0.6 is 0 Å². The summed E-state index contributed by atoms with van der Waals surface area (Å²) < 4.78 is 17.9. The number of H-pyrrole nitrogens is 1. The van der Waals surface area contributed by atoms with Gasteiger partial charge in [0, 0.05) is 41.3 Å². The van der Waals surface area contributed by atoms with Gasteiger partial charge in [-0.05, 0) is 77.7 Å². The second-order valence-corrected chi connectivity index (χ2v) is 10.2. The number of hydrogen-bond donors (Lipinski definition) is 3. The van der Waals surface area contributed by atoms with Gasteiger partial charge in [-0.15, -0.1) is 0 Å². The third-order valence-electron chi connectivity index (χ3n) is 7.38. The number of carbonyl (C=O) groups excluding carboxylic acids is 1. The summed E-state index contributed by atoms with van der Waals surface area (Å²) in [5.41, 5.74) is 7.58. The summed E-state index contributed by atoms with van der Waals surface area (Å²) in [6.07, 6.45) is 0.939. The van der Waals surface area contributed by atoms with E-state index in [4.69, 9.17) is 14.2 Å². The fourth-order valence-corrected chi connectivity index (χ4v) is 5.41. The van der Waals surface area contributed by atoms with Gasteiger partial charge in [-0.1, -0.05) is 36.4 Å². The lowest BCUT2D eigenvalue weighted by Crippen LogP contribution is -2.30. The fourth-order valence-electron chi connectivity index (χ4n) is 5.41. The Kier molecular flexibility index (Phi) is 7.60. The molecule has 1 amide bonds. The smallest absolute Gasteiger partial charge is 0.221 e. The van der Waals surface area contributed by atoms with E-state index >= 15 is 0 Å². The van der Waals surface area contributed by atoms with E-state index in [9.17, 15) is 4.79 Å². The third-order valence-corrected chi connectivity index (χ3v) is 7.38. The van der Waals surface area contributed by atoms with Crippen LogP contribution in [-0.4, -0.2) is 24.5 Å². The molecule has 1 aliphatic heterocycles. The predicted octanol–water partition coefficient (Wildman–Crippen LogP) is 6.53. The highest BCUT2D eigenvalue weighted by Gasteiger charge is 2.26. The predicted molar refractivity (Wildman–Crippen MR) is 161 cm³/mol. The van der Waals surface area contributed by atoms with E-state index in [1.807, 2.05) is 54.6 Å². The Morgan fingerprint density at radius 1 is 0.902 bits per heavy atom. The fraction of sp³-hybridized carbons (Fsp3) is 0.206. The van der Waals surface area contributed by atoms with Gasteiger partial charge in [0.15, 0.2) is 0 Å². The zero-order valence-corrected chi connectivity index (χ0v) is 23.2. The van der Waals surface area contributed by atoms with E-state index < -0.39 is 0 Å². The number of carbonyl (C=O) groups is 1. The van der Waals surface area contributed by atoms with Gasteiger partial charge >= 0.3 is 0 Å². The monoisotopic (exact) mass is 547 g/mol. The maximum absolute atomic E-state index is 11.3. The van der Waals surface area contributed by atoms with Crippen molar-refractivity contribution in [2.24, 2.45) is 0 Å². The number of rotatable bonds is 9. The van der Waals surface area contributed by atoms with Crippen molar-refractivity contribution in [3.8, 4) is 17.2 Å². The first kappa shape index (κ1) is 26.5. The number of benzene rings is 4. The summed E-state index contributed by atoms with van der Waals surface area (Å²) in [4.78, 5) is 15.0. The standard InChI is InChI=1S/C34H33N3O4/c1-22(38)36-26-9-11-27(12-10-26)41-21-25-18-24(8-15-32(25)39-2)33-34-29(16-17-35-33)30-19-28(13-14-31(30)37-34)40-20-23-6-4-3-5-7-23/h3-15,18-19,33,35,37H,16-17,20-21H2,1-2H3,(H,36,38). The SMILES string of the molecule is COc1ccc(C2NCCc3c2[nH]c2ccc(OCc4ccccc4)cc32)cc1COc1ccc(NC(C)=O)cc1. The van der Waals surface area contributed by atoms with Crippen LogP contribution in [0.5, 0.6) is 17.2 Å². The molecule has 5 aromatic rings. The van der Waals surface area contributed by atoms with Gasteiger partial charge in [0.2, 0.25) is 5.91 Å². The maximum atomic E-state index is 11.3. The van der Waals surface area contributed by atoms with E-state index in [0.717, 1.165) is 52.4 Å². The Hall–Kier alpha value is -4.75. The molecule has 41 heavy (non-hydrogen) atoms. The first-order valence-electron chi connectivity index (χ1n) is 13.8. The number of ether oxygens (including phenoxy) is 3. The molecule has 1 aromatic heterocycles. The van der Waals surface area contributed by atoms with E-state index in [-0.39, 0.29) is 11.9 Å². The van der Waals surface area contributed by atoms with Crippen molar-refractivity contribution in [3.63, 3.8) is 0 Å². The number of aromatic nitrogens is 1. The van der Waals surface area contributed by atoms with Crippen molar-refractivity contribution >= 4 is 22.5 Å². The Bertz CT molecular complexity index is 1660. The highest BCUT2D eigenvalue weighted by Crippen LogP contribution is 2.36. The zero-order valence-electron chi connectivity index (χ0n) is 23.2. The van der Waals surface area contributed by atoms with Crippen molar-refractivity contribution in [1.82, 2.24) is 10.3 Å². The summed E-state index contributed by atoms with van der Waals surface area (Å²) in [7, 11) is 1.67. The van der Waals surface area contributed by atoms with Crippen molar-refractivity contribution in [3.05, 3.63) is 119 Å². The van der Waals surface area contributed by atoms with Crippen LogP contribution in [0, 0.1) is 0 Å². The van der Waals surface area contributed by atoms with Crippen LogP contribution in [-0.2, 0) is 24.4 Å². The summed E-state index contributed by atoms with van der Waals surface area (Å²) in [6.45, 7) is 3.25. The lowest BCUT2D eigenvalue weighted by molar-refractivity contribution is -0.114. The molecule has 7 nitrogen and oxygen atoms in total. The first-order chi connectivity index (χ1) is 20.1. The summed E-state index contributed by atoms with van der Waals surface area (Å²) in [5.74, 6) is 2.25. The molecule has 0 aliphatic carbocycles. The van der Waals surface area contributed by atoms with Crippen molar-refractivity contribution in [2.45, 2.75) is 32.6 Å². The molecule has 208 valence electrons. The number of aromatic amines is 1. The molecule has 6 rings (SSSR count). The minimum Gasteiger partial charge on any atom is -0.496 e. The van der Waals surface area contributed by atoms with Gasteiger partial charge in [0.05, 0.1) is 13.2 Å². The van der Waals surface area contributed by atoms with Crippen molar-refractivity contribution < 1.29 is 19.0 Å². The molecule has 1 aliphatic rings. The van der Waals surface area contributed by atoms with E-state index in [1.165, 1.54) is 23.6 Å². The topological polar surface area (TPSA) is 84.6 Å². The van der Waals surface area contributed by atoms with Gasteiger partial charge in [-0.3, -0.25) is 4.79 Å². The molecule has 4 aromatic carbocycles. The molecule has 1 atom stereocenters. The molecule has 0 radical (unpaired) electrons. The third kappa shape index (κ3) is 5.90. The number of amides is 1. The Balaban J connectivity index is 1.22. The molecular formula is C34H33N3O4. The number of anilines is 1. The highest BCUT2D eigenvalue weighted by molar-refractivity contribution is 5.88. The minimum atomic E-state index is -0.105. The van der Waals surface area contributed by atoms with Gasteiger partial charge in [-0.25, -0.2) is 0 Å². The van der Waals surface area contributed by atoms with Crippen LogP contribution in [0.3, 0.4) is 0 Å². The number of methoxy groups -OCH3 is 1. The average molecular weight is 548 g/mol. The van der Waals surface area contributed by atoms with Crippen LogP contribution in [0.1, 0.15) is 40.9 Å². The summed E-state index contributed by atoms with van der Waals surface area (Å²) in [5, 5.41) is 7.67. The molecule has 3 N–H and O–H groups in total. The van der Waals surface area contributed by atoms with E-state index in [1.54, 1.807) is 7.11 Å². The largest absolute Gasteiger partial charge is 0.496 e. The maximum Gasteiger partial charge on any atom is 0.221 e. The summed E-state index contributed by atoms with van der Waals surface area (Å²) >= 11 is 0. The second-order valence-electron chi connectivity index (χ2n) is 10.2. The second kappa shape index (κ2) is 11.8. The van der Waals surface area contributed by atoms with Crippen LogP contribution < -0.4 is 24.8 Å². The molecule has 0 saturated carbocycles. The first-order valence-corrected chi connectivity index (χ1v) is 13.8. The molecule has 1 unspecified atom stereocenters.